The first-order chi connectivity index (χ1) is 7.17. The highest BCUT2D eigenvalue weighted by atomic mass is 16.5. The lowest BCUT2D eigenvalue weighted by atomic mass is 9.89. The van der Waals surface area contributed by atoms with Crippen LogP contribution >= 0.6 is 0 Å². The number of imidazole rings is 1. The van der Waals surface area contributed by atoms with E-state index in [-0.39, 0.29) is 11.2 Å². The zero-order valence-corrected chi connectivity index (χ0v) is 8.04. The summed E-state index contributed by atoms with van der Waals surface area (Å²) in [6.07, 6.45) is 0. The van der Waals surface area contributed by atoms with Gasteiger partial charge in [-0.1, -0.05) is 6.07 Å². The first-order valence-corrected chi connectivity index (χ1v) is 4.77. The van der Waals surface area contributed by atoms with Crippen molar-refractivity contribution in [2.45, 2.75) is 5.54 Å². The van der Waals surface area contributed by atoms with Gasteiger partial charge in [-0.25, -0.2) is 4.79 Å². The Morgan fingerprint density at radius 2 is 2.00 bits per heavy atom. The maximum absolute atomic E-state index is 11.1. The minimum Gasteiger partial charge on any atom is -0.377 e. The largest absolute Gasteiger partial charge is 0.377 e. The van der Waals surface area contributed by atoms with Gasteiger partial charge in [0.1, 0.15) is 0 Å². The van der Waals surface area contributed by atoms with Gasteiger partial charge in [-0.2, -0.15) is 0 Å². The quantitative estimate of drug-likeness (QED) is 0.614. The minimum atomic E-state index is -0.387. The third-order valence-corrected chi connectivity index (χ3v) is 2.81. The average molecular weight is 205 g/mol. The topological polar surface area (TPSA) is 83.9 Å². The Bertz CT molecular complexity index is 565. The summed E-state index contributed by atoms with van der Waals surface area (Å²) in [7, 11) is 0. The Morgan fingerprint density at radius 3 is 2.67 bits per heavy atom. The third-order valence-electron chi connectivity index (χ3n) is 2.81. The average Bonchev–Trinajstić information content (AvgIpc) is 2.53. The molecule has 0 radical (unpaired) electrons. The summed E-state index contributed by atoms with van der Waals surface area (Å²) in [5.41, 5.74) is 8.09. The molecular weight excluding hydrogens is 194 g/mol. The highest BCUT2D eigenvalue weighted by Gasteiger charge is 2.36. The first kappa shape index (κ1) is 8.70. The fraction of sp³-hybridized carbons (Fsp3) is 0.300. The van der Waals surface area contributed by atoms with Gasteiger partial charge >= 0.3 is 5.69 Å². The van der Waals surface area contributed by atoms with E-state index in [0.717, 1.165) is 16.6 Å². The maximum Gasteiger partial charge on any atom is 0.323 e. The lowest BCUT2D eigenvalue weighted by molar-refractivity contribution is -0.0568. The number of hydrogen-bond acceptors (Lipinski definition) is 3. The summed E-state index contributed by atoms with van der Waals surface area (Å²) in [6.45, 7) is 1.07. The molecule has 78 valence electrons. The summed E-state index contributed by atoms with van der Waals surface area (Å²) < 4.78 is 5.10. The number of hydrogen-bond donors (Lipinski definition) is 3. The van der Waals surface area contributed by atoms with Crippen molar-refractivity contribution in [2.75, 3.05) is 13.2 Å². The minimum absolute atomic E-state index is 0.196. The number of aromatic nitrogens is 2. The van der Waals surface area contributed by atoms with Crippen molar-refractivity contribution >= 4 is 11.0 Å². The van der Waals surface area contributed by atoms with Gasteiger partial charge in [-0.15, -0.1) is 0 Å². The Balaban J connectivity index is 2.17. The molecule has 0 spiro atoms. The molecule has 0 saturated carbocycles. The van der Waals surface area contributed by atoms with Crippen molar-refractivity contribution in [2.24, 2.45) is 5.73 Å². The normalized spacial score (nSPS) is 19.0. The number of nitrogens with one attached hydrogen (secondary N) is 2. The van der Waals surface area contributed by atoms with Gasteiger partial charge in [-0.05, 0) is 17.7 Å². The van der Waals surface area contributed by atoms with Crippen molar-refractivity contribution in [1.82, 2.24) is 9.97 Å². The molecule has 1 aliphatic rings. The Hall–Kier alpha value is -1.59. The number of H-pyrrole nitrogens is 2. The van der Waals surface area contributed by atoms with Gasteiger partial charge in [0, 0.05) is 0 Å². The smallest absolute Gasteiger partial charge is 0.323 e. The molecule has 2 heterocycles. The molecule has 5 nitrogen and oxygen atoms in total. The van der Waals surface area contributed by atoms with Crippen LogP contribution in [0.1, 0.15) is 5.56 Å². The zero-order chi connectivity index (χ0) is 10.5. The number of rotatable bonds is 1. The summed E-state index contributed by atoms with van der Waals surface area (Å²) in [5.74, 6) is 0. The molecule has 1 aromatic carbocycles. The molecule has 4 N–H and O–H groups in total. The van der Waals surface area contributed by atoms with E-state index in [0.29, 0.717) is 13.2 Å². The molecule has 2 aromatic rings. The molecule has 3 rings (SSSR count). The van der Waals surface area contributed by atoms with E-state index in [4.69, 9.17) is 10.5 Å². The molecule has 0 unspecified atom stereocenters. The maximum atomic E-state index is 11.1. The van der Waals surface area contributed by atoms with E-state index in [1.807, 2.05) is 18.2 Å². The highest BCUT2D eigenvalue weighted by molar-refractivity contribution is 5.75. The van der Waals surface area contributed by atoms with Crippen molar-refractivity contribution < 1.29 is 4.74 Å². The Labute approximate surface area is 85.2 Å². The summed E-state index contributed by atoms with van der Waals surface area (Å²) in [4.78, 5) is 16.5. The van der Waals surface area contributed by atoms with E-state index in [1.165, 1.54) is 0 Å². The zero-order valence-electron chi connectivity index (χ0n) is 8.04. The SMILES string of the molecule is NC1(c2ccc3[nH]c(=O)[nH]c3c2)COC1. The van der Waals surface area contributed by atoms with Crippen LogP contribution in [-0.2, 0) is 10.3 Å². The molecule has 0 aliphatic carbocycles. The van der Waals surface area contributed by atoms with Gasteiger partial charge in [0.25, 0.3) is 0 Å². The predicted molar refractivity (Wildman–Crippen MR) is 55.6 cm³/mol. The van der Waals surface area contributed by atoms with Crippen molar-refractivity contribution in [3.63, 3.8) is 0 Å². The second kappa shape index (κ2) is 2.71. The number of ether oxygens (including phenoxy) is 1. The van der Waals surface area contributed by atoms with Crippen LogP contribution < -0.4 is 11.4 Å². The molecular formula is C10H11N3O2. The lowest BCUT2D eigenvalue weighted by Gasteiger charge is -2.38. The molecule has 15 heavy (non-hydrogen) atoms. The van der Waals surface area contributed by atoms with Crippen molar-refractivity contribution in [3.8, 4) is 0 Å². The van der Waals surface area contributed by atoms with Crippen LogP contribution in [0.15, 0.2) is 23.0 Å². The van der Waals surface area contributed by atoms with Crippen LogP contribution in [0, 0.1) is 0 Å². The monoisotopic (exact) mass is 205 g/mol. The van der Waals surface area contributed by atoms with Crippen molar-refractivity contribution in [1.29, 1.82) is 0 Å². The second-order valence-corrected chi connectivity index (χ2v) is 3.99. The second-order valence-electron chi connectivity index (χ2n) is 3.99. The fourth-order valence-corrected chi connectivity index (χ4v) is 1.83. The van der Waals surface area contributed by atoms with Gasteiger partial charge in [-0.3, -0.25) is 0 Å². The number of fused-ring (bicyclic) bond motifs is 1. The van der Waals surface area contributed by atoms with E-state index in [9.17, 15) is 4.79 Å². The summed E-state index contributed by atoms with van der Waals surface area (Å²) in [5, 5.41) is 0. The van der Waals surface area contributed by atoms with E-state index >= 15 is 0 Å². The molecule has 0 atom stereocenters. The van der Waals surface area contributed by atoms with Crippen LogP contribution in [0.25, 0.3) is 11.0 Å². The van der Waals surface area contributed by atoms with E-state index in [2.05, 4.69) is 9.97 Å². The number of benzene rings is 1. The molecule has 5 heteroatoms. The van der Waals surface area contributed by atoms with E-state index < -0.39 is 0 Å². The summed E-state index contributed by atoms with van der Waals surface area (Å²) >= 11 is 0. The van der Waals surface area contributed by atoms with Gasteiger partial charge in [0.05, 0.1) is 29.8 Å². The van der Waals surface area contributed by atoms with Crippen LogP contribution in [0.3, 0.4) is 0 Å². The molecule has 1 aromatic heterocycles. The predicted octanol–water partition coefficient (Wildman–Crippen LogP) is 0.0404. The Morgan fingerprint density at radius 1 is 1.27 bits per heavy atom. The van der Waals surface area contributed by atoms with Crippen LogP contribution in [0.4, 0.5) is 0 Å². The van der Waals surface area contributed by atoms with Crippen LogP contribution in [0.2, 0.25) is 0 Å². The number of aromatic amines is 2. The summed E-state index contributed by atoms with van der Waals surface area (Å²) in [6, 6.07) is 5.68. The van der Waals surface area contributed by atoms with Gasteiger partial charge < -0.3 is 20.4 Å². The molecule has 1 fully saturated rings. The first-order valence-electron chi connectivity index (χ1n) is 4.77. The van der Waals surface area contributed by atoms with E-state index in [1.54, 1.807) is 0 Å². The van der Waals surface area contributed by atoms with Crippen molar-refractivity contribution in [3.05, 3.63) is 34.2 Å². The fourth-order valence-electron chi connectivity index (χ4n) is 1.83. The molecule has 0 bridgehead atoms. The Kier molecular flexibility index (Phi) is 1.57. The van der Waals surface area contributed by atoms with Crippen LogP contribution in [0.5, 0.6) is 0 Å². The standard InChI is InChI=1S/C10H11N3O2/c11-10(4-15-5-10)6-1-2-7-8(3-6)13-9(14)12-7/h1-3H,4-5,11H2,(H2,12,13,14). The highest BCUT2D eigenvalue weighted by Crippen LogP contribution is 2.27. The molecule has 1 saturated heterocycles. The van der Waals surface area contributed by atoms with Gasteiger partial charge in [0.2, 0.25) is 0 Å². The van der Waals surface area contributed by atoms with Crippen LogP contribution in [-0.4, -0.2) is 23.2 Å². The van der Waals surface area contributed by atoms with Gasteiger partial charge in [0.15, 0.2) is 0 Å². The molecule has 0 amide bonds. The number of nitrogens with two attached hydrogens (primary N) is 1. The lowest BCUT2D eigenvalue weighted by Crippen LogP contribution is -2.54. The third kappa shape index (κ3) is 1.20. The molecule has 1 aliphatic heterocycles.